The van der Waals surface area contributed by atoms with Gasteiger partial charge in [0.2, 0.25) is 0 Å². The zero-order chi connectivity index (χ0) is 16.9. The van der Waals surface area contributed by atoms with Gasteiger partial charge in [0.25, 0.3) is 0 Å². The van der Waals surface area contributed by atoms with Gasteiger partial charge < -0.3 is 5.11 Å². The number of rotatable bonds is 6. The maximum Gasteiger partial charge on any atom is 0.0705 e. The minimum Gasteiger partial charge on any atom is -0.396 e. The van der Waals surface area contributed by atoms with Crippen LogP contribution in [0.2, 0.25) is 0 Å². The van der Waals surface area contributed by atoms with E-state index in [1.54, 1.807) is 0 Å². The fourth-order valence-corrected chi connectivity index (χ4v) is 3.78. The van der Waals surface area contributed by atoms with Crippen LogP contribution in [0, 0.1) is 5.92 Å². The first-order chi connectivity index (χ1) is 11.7. The summed E-state index contributed by atoms with van der Waals surface area (Å²) in [5.41, 5.74) is 2.42. The lowest BCUT2D eigenvalue weighted by Gasteiger charge is -2.42. The fraction of sp³-hybridized carbons (Fsp3) is 0.550. The third kappa shape index (κ3) is 4.12. The highest BCUT2D eigenvalue weighted by atomic mass is 16.3. The van der Waals surface area contributed by atoms with E-state index in [9.17, 15) is 5.11 Å². The summed E-state index contributed by atoms with van der Waals surface area (Å²) in [7, 11) is 0. The quantitative estimate of drug-likeness (QED) is 0.885. The van der Waals surface area contributed by atoms with Gasteiger partial charge in [-0.2, -0.15) is 0 Å². The molecule has 1 atom stereocenters. The number of hydrogen-bond acceptors (Lipinski definition) is 4. The highest BCUT2D eigenvalue weighted by molar-refractivity contribution is 5.81. The summed E-state index contributed by atoms with van der Waals surface area (Å²) in [5.74, 6) is 0.668. The Bertz CT molecular complexity index is 653. The van der Waals surface area contributed by atoms with Crippen LogP contribution in [0.5, 0.6) is 0 Å². The molecule has 0 unspecified atom stereocenters. The van der Waals surface area contributed by atoms with Gasteiger partial charge in [0, 0.05) is 57.0 Å². The number of piperazine rings is 1. The predicted octanol–water partition coefficient (Wildman–Crippen LogP) is 2.76. The van der Waals surface area contributed by atoms with Crippen LogP contribution in [-0.2, 0) is 6.54 Å². The first-order valence-corrected chi connectivity index (χ1v) is 9.07. The summed E-state index contributed by atoms with van der Waals surface area (Å²) >= 11 is 0. The van der Waals surface area contributed by atoms with Gasteiger partial charge in [-0.1, -0.05) is 32.0 Å². The largest absolute Gasteiger partial charge is 0.396 e. The molecule has 3 rings (SSSR count). The molecule has 4 heteroatoms. The molecule has 0 aliphatic carbocycles. The lowest BCUT2D eigenvalue weighted by Crippen LogP contribution is -2.53. The van der Waals surface area contributed by atoms with Gasteiger partial charge in [0.05, 0.1) is 5.52 Å². The van der Waals surface area contributed by atoms with Crippen molar-refractivity contribution in [2.45, 2.75) is 32.9 Å². The number of benzene rings is 1. The van der Waals surface area contributed by atoms with Crippen LogP contribution >= 0.6 is 0 Å². The van der Waals surface area contributed by atoms with Crippen molar-refractivity contribution in [2.75, 3.05) is 32.8 Å². The average molecular weight is 327 g/mol. The number of hydrogen-bond donors (Lipinski definition) is 1. The van der Waals surface area contributed by atoms with Crippen molar-refractivity contribution in [2.24, 2.45) is 5.92 Å². The van der Waals surface area contributed by atoms with E-state index in [0.717, 1.165) is 44.7 Å². The summed E-state index contributed by atoms with van der Waals surface area (Å²) < 4.78 is 0. The van der Waals surface area contributed by atoms with Gasteiger partial charge in [-0.3, -0.25) is 14.8 Å². The Balaban J connectivity index is 1.71. The highest BCUT2D eigenvalue weighted by Gasteiger charge is 2.27. The molecule has 0 bridgehead atoms. The molecular weight excluding hydrogens is 298 g/mol. The Morgan fingerprint density at radius 3 is 2.88 bits per heavy atom. The maximum atomic E-state index is 9.43. The molecule has 1 aliphatic heterocycles. The SMILES string of the molecule is CC(C)CN1CCN(Cc2cccc3ncccc23)C[C@@H]1CCO. The number of aliphatic hydroxyl groups is 1. The van der Waals surface area contributed by atoms with E-state index in [0.29, 0.717) is 12.0 Å². The Morgan fingerprint density at radius 1 is 1.21 bits per heavy atom. The van der Waals surface area contributed by atoms with E-state index in [-0.39, 0.29) is 6.61 Å². The van der Waals surface area contributed by atoms with Crippen molar-refractivity contribution >= 4 is 10.9 Å². The molecule has 2 heterocycles. The molecular formula is C20H29N3O. The van der Waals surface area contributed by atoms with Crippen LogP contribution in [-0.4, -0.2) is 58.7 Å². The van der Waals surface area contributed by atoms with Gasteiger partial charge in [-0.25, -0.2) is 0 Å². The van der Waals surface area contributed by atoms with Crippen LogP contribution < -0.4 is 0 Å². The van der Waals surface area contributed by atoms with Crippen molar-refractivity contribution < 1.29 is 5.11 Å². The van der Waals surface area contributed by atoms with E-state index in [1.807, 2.05) is 12.3 Å². The molecule has 0 saturated carbocycles. The third-order valence-electron chi connectivity index (χ3n) is 4.88. The first kappa shape index (κ1) is 17.3. The van der Waals surface area contributed by atoms with Gasteiger partial charge in [0.1, 0.15) is 0 Å². The average Bonchev–Trinajstić information content (AvgIpc) is 2.57. The lowest BCUT2D eigenvalue weighted by molar-refractivity contribution is 0.0479. The van der Waals surface area contributed by atoms with Gasteiger partial charge in [-0.15, -0.1) is 0 Å². The summed E-state index contributed by atoms with van der Waals surface area (Å²) in [6, 6.07) is 11.0. The molecule has 4 nitrogen and oxygen atoms in total. The van der Waals surface area contributed by atoms with E-state index < -0.39 is 0 Å². The zero-order valence-electron chi connectivity index (χ0n) is 14.9. The summed E-state index contributed by atoms with van der Waals surface area (Å²) in [6.07, 6.45) is 2.72. The van der Waals surface area contributed by atoms with Crippen molar-refractivity contribution in [1.29, 1.82) is 0 Å². The normalized spacial score (nSPS) is 20.1. The van der Waals surface area contributed by atoms with Crippen LogP contribution in [0.3, 0.4) is 0 Å². The predicted molar refractivity (Wildman–Crippen MR) is 98.9 cm³/mol. The summed E-state index contributed by atoms with van der Waals surface area (Å²) in [5, 5.41) is 10.7. The van der Waals surface area contributed by atoms with Gasteiger partial charge in [-0.05, 0) is 30.0 Å². The standard InChI is InChI=1S/C20H29N3O/c1-16(2)13-23-11-10-22(15-18(23)8-12-24)14-17-5-3-7-20-19(17)6-4-9-21-20/h3-7,9,16,18,24H,8,10-15H2,1-2H3/t18-/m0/s1. The molecule has 1 fully saturated rings. The molecule has 24 heavy (non-hydrogen) atoms. The van der Waals surface area contributed by atoms with Crippen molar-refractivity contribution in [3.8, 4) is 0 Å². The fourth-order valence-electron chi connectivity index (χ4n) is 3.78. The zero-order valence-corrected chi connectivity index (χ0v) is 14.9. The lowest BCUT2D eigenvalue weighted by atomic mass is 10.0. The molecule has 1 saturated heterocycles. The van der Waals surface area contributed by atoms with Crippen molar-refractivity contribution in [1.82, 2.24) is 14.8 Å². The molecule has 1 N–H and O–H groups in total. The smallest absolute Gasteiger partial charge is 0.0705 e. The van der Waals surface area contributed by atoms with Crippen LogP contribution in [0.25, 0.3) is 10.9 Å². The third-order valence-corrected chi connectivity index (χ3v) is 4.88. The molecule has 130 valence electrons. The molecule has 2 aromatic rings. The minimum absolute atomic E-state index is 0.269. The summed E-state index contributed by atoms with van der Waals surface area (Å²) in [4.78, 5) is 9.55. The van der Waals surface area contributed by atoms with Crippen molar-refractivity contribution in [3.05, 3.63) is 42.1 Å². The Labute approximate surface area is 145 Å². The molecule has 1 aromatic carbocycles. The van der Waals surface area contributed by atoms with Gasteiger partial charge in [0.15, 0.2) is 0 Å². The second-order valence-electron chi connectivity index (χ2n) is 7.28. The molecule has 0 radical (unpaired) electrons. The van der Waals surface area contributed by atoms with E-state index in [2.05, 4.69) is 52.9 Å². The maximum absolute atomic E-state index is 9.43. The molecule has 1 aromatic heterocycles. The molecule has 0 spiro atoms. The summed E-state index contributed by atoms with van der Waals surface area (Å²) in [6.45, 7) is 10.1. The van der Waals surface area contributed by atoms with E-state index in [1.165, 1.54) is 10.9 Å². The molecule has 0 amide bonds. The second-order valence-corrected chi connectivity index (χ2v) is 7.28. The number of fused-ring (bicyclic) bond motifs is 1. The monoisotopic (exact) mass is 327 g/mol. The van der Waals surface area contributed by atoms with E-state index in [4.69, 9.17) is 0 Å². The Morgan fingerprint density at radius 2 is 2.08 bits per heavy atom. The number of aliphatic hydroxyl groups excluding tert-OH is 1. The van der Waals surface area contributed by atoms with Crippen molar-refractivity contribution in [3.63, 3.8) is 0 Å². The number of nitrogens with zero attached hydrogens (tertiary/aromatic N) is 3. The topological polar surface area (TPSA) is 39.6 Å². The Hall–Kier alpha value is -1.49. The second kappa shape index (κ2) is 8.06. The van der Waals surface area contributed by atoms with Crippen LogP contribution in [0.15, 0.2) is 36.5 Å². The highest BCUT2D eigenvalue weighted by Crippen LogP contribution is 2.21. The number of aromatic nitrogens is 1. The first-order valence-electron chi connectivity index (χ1n) is 9.07. The van der Waals surface area contributed by atoms with Crippen LogP contribution in [0.1, 0.15) is 25.8 Å². The van der Waals surface area contributed by atoms with Gasteiger partial charge >= 0.3 is 0 Å². The van der Waals surface area contributed by atoms with E-state index >= 15 is 0 Å². The Kier molecular flexibility index (Phi) is 5.82. The number of pyridine rings is 1. The van der Waals surface area contributed by atoms with Crippen LogP contribution in [0.4, 0.5) is 0 Å². The molecule has 1 aliphatic rings. The minimum atomic E-state index is 0.269.